The van der Waals surface area contributed by atoms with Gasteiger partial charge in [-0.2, -0.15) is 0 Å². The number of nitrogens with one attached hydrogen (secondary N) is 2. The predicted octanol–water partition coefficient (Wildman–Crippen LogP) is 4.76. The molecule has 11 nitrogen and oxygen atoms in total. The lowest BCUT2D eigenvalue weighted by atomic mass is 10.1. The second-order valence-electron chi connectivity index (χ2n) is 13.8. The monoisotopic (exact) mass is 743 g/mol. The van der Waals surface area contributed by atoms with Crippen molar-refractivity contribution in [1.29, 1.82) is 0 Å². The van der Waals surface area contributed by atoms with E-state index in [0.717, 1.165) is 44.1 Å². The first-order valence-electron chi connectivity index (χ1n) is 16.5. The Morgan fingerprint density at radius 2 is 1.52 bits per heavy atom. The highest BCUT2D eigenvalue weighted by molar-refractivity contribution is 7.92. The van der Waals surface area contributed by atoms with Crippen LogP contribution >= 0.6 is 11.3 Å². The van der Waals surface area contributed by atoms with E-state index in [1.807, 2.05) is 4.72 Å². The van der Waals surface area contributed by atoms with Crippen LogP contribution in [0.4, 0.5) is 29.9 Å². The van der Waals surface area contributed by atoms with Gasteiger partial charge in [0.2, 0.25) is 5.95 Å². The van der Waals surface area contributed by atoms with Crippen molar-refractivity contribution in [1.82, 2.24) is 19.9 Å². The SMILES string of the molecule is O=S1(=O)C[C@@H]2C(Nc3nccc(-c4sc(N5C6CCC5CN(C5CC5)C6)nc4-c4cccc(NS(=O)(=O)c5c(F)cccc5F)c4F)n3)[C@@H]2C1. The first kappa shape index (κ1) is 32.1. The van der Waals surface area contributed by atoms with Crippen molar-refractivity contribution in [2.45, 2.75) is 54.7 Å². The molecule has 0 amide bonds. The molecule has 3 unspecified atom stereocenters. The predicted molar refractivity (Wildman–Crippen MR) is 183 cm³/mol. The number of benzene rings is 2. The normalized spacial score (nSPS) is 26.9. The molecule has 0 spiro atoms. The van der Waals surface area contributed by atoms with Crippen molar-refractivity contribution in [3.05, 3.63) is 66.1 Å². The first-order chi connectivity index (χ1) is 24.0. The fraction of sp³-hybridized carbons (Fsp3) is 0.424. The molecule has 2 N–H and O–H groups in total. The molecule has 2 aromatic carbocycles. The number of hydrogen-bond donors (Lipinski definition) is 2. The molecule has 0 radical (unpaired) electrons. The number of piperazine rings is 1. The summed E-state index contributed by atoms with van der Waals surface area (Å²) in [5, 5.41) is 3.98. The highest BCUT2D eigenvalue weighted by atomic mass is 32.2. The molecule has 5 aliphatic rings. The lowest BCUT2D eigenvalue weighted by molar-refractivity contribution is 0.210. The van der Waals surface area contributed by atoms with E-state index in [9.17, 15) is 25.6 Å². The molecule has 50 heavy (non-hydrogen) atoms. The lowest BCUT2D eigenvalue weighted by Crippen LogP contribution is -2.54. The number of anilines is 3. The van der Waals surface area contributed by atoms with Crippen LogP contribution in [-0.2, 0) is 19.9 Å². The Balaban J connectivity index is 1.09. The summed E-state index contributed by atoms with van der Waals surface area (Å²) in [6.07, 6.45) is 6.03. The summed E-state index contributed by atoms with van der Waals surface area (Å²) >= 11 is 1.37. The zero-order chi connectivity index (χ0) is 34.5. The Morgan fingerprint density at radius 3 is 2.20 bits per heavy atom. The third kappa shape index (κ3) is 5.62. The molecule has 262 valence electrons. The van der Waals surface area contributed by atoms with Crippen LogP contribution in [-0.4, -0.2) is 85.5 Å². The highest BCUT2D eigenvalue weighted by Gasteiger charge is 2.59. The third-order valence-corrected chi connectivity index (χ3v) is 14.8. The van der Waals surface area contributed by atoms with Crippen LogP contribution in [0.3, 0.4) is 0 Å². The molecule has 5 heterocycles. The number of rotatable bonds is 9. The van der Waals surface area contributed by atoms with E-state index in [4.69, 9.17) is 9.97 Å². The molecule has 5 fully saturated rings. The highest BCUT2D eigenvalue weighted by Crippen LogP contribution is 2.49. The smallest absolute Gasteiger partial charge is 0.267 e. The van der Waals surface area contributed by atoms with Gasteiger partial charge in [0.25, 0.3) is 10.0 Å². The molecule has 2 aliphatic carbocycles. The van der Waals surface area contributed by atoms with Gasteiger partial charge in [0.05, 0.1) is 33.5 Å². The van der Waals surface area contributed by atoms with Gasteiger partial charge in [-0.05, 0) is 67.9 Å². The molecular formula is C33H32F3N7O4S3. The van der Waals surface area contributed by atoms with Crippen LogP contribution in [0.15, 0.2) is 53.6 Å². The maximum atomic E-state index is 16.5. The van der Waals surface area contributed by atoms with Crippen LogP contribution in [0.25, 0.3) is 21.8 Å². The number of likely N-dealkylation sites (tertiary alicyclic amines) is 1. The average Bonchev–Trinajstić information content (AvgIpc) is 3.89. The van der Waals surface area contributed by atoms with Crippen molar-refractivity contribution >= 4 is 48.0 Å². The summed E-state index contributed by atoms with van der Waals surface area (Å²) < 4.78 is 97.5. The van der Waals surface area contributed by atoms with Gasteiger partial charge < -0.3 is 10.2 Å². The zero-order valence-corrected chi connectivity index (χ0v) is 28.9. The van der Waals surface area contributed by atoms with Gasteiger partial charge in [-0.1, -0.05) is 23.5 Å². The summed E-state index contributed by atoms with van der Waals surface area (Å²) in [5.41, 5.74) is 0.186. The standard InChI is InChI=1S/C33H32F3N7O4S3/c34-23-4-2-5-24(35)31(23)50(46,47)41-25-6-1-3-20(27(25)36)29-30(26-11-12-37-32(38-26)39-28-21-15-49(44,45)16-22(21)28)48-33(40-29)43-18-9-10-19(43)14-42(13-18)17-7-8-17/h1-6,11-12,17-19,21-22,28,41H,7-10,13-16H2,(H,37,38,39)/t18?,19?,21-,22+,28?. The van der Waals surface area contributed by atoms with Crippen molar-refractivity contribution in [3.8, 4) is 21.8 Å². The molecule has 3 aliphatic heterocycles. The minimum absolute atomic E-state index is 0.0149. The van der Waals surface area contributed by atoms with Crippen molar-refractivity contribution < 1.29 is 30.0 Å². The zero-order valence-electron chi connectivity index (χ0n) is 26.5. The fourth-order valence-corrected chi connectivity index (χ4v) is 12.6. The molecule has 2 bridgehead atoms. The number of sulfone groups is 1. The average molecular weight is 744 g/mol. The number of fused-ring (bicyclic) bond motifs is 3. The molecule has 17 heteroatoms. The Bertz CT molecular complexity index is 2200. The second kappa shape index (κ2) is 11.6. The quantitative estimate of drug-likeness (QED) is 0.247. The lowest BCUT2D eigenvalue weighted by Gasteiger charge is -2.41. The minimum atomic E-state index is -4.85. The van der Waals surface area contributed by atoms with Crippen molar-refractivity contribution in [3.63, 3.8) is 0 Å². The third-order valence-electron chi connectivity index (χ3n) is 10.5. The van der Waals surface area contributed by atoms with Crippen LogP contribution in [0, 0.1) is 29.3 Å². The van der Waals surface area contributed by atoms with E-state index in [1.54, 1.807) is 12.3 Å². The molecule has 2 saturated carbocycles. The number of hydrogen-bond acceptors (Lipinski definition) is 11. The summed E-state index contributed by atoms with van der Waals surface area (Å²) in [5.74, 6) is -2.96. The minimum Gasteiger partial charge on any atom is -0.351 e. The number of thiazole rings is 1. The molecule has 9 rings (SSSR count). The van der Waals surface area contributed by atoms with Crippen LogP contribution in [0.2, 0.25) is 0 Å². The van der Waals surface area contributed by atoms with Gasteiger partial charge in [-0.25, -0.2) is 45.0 Å². The van der Waals surface area contributed by atoms with E-state index >= 15 is 4.39 Å². The van der Waals surface area contributed by atoms with Gasteiger partial charge in [0.15, 0.2) is 25.7 Å². The Hall–Kier alpha value is -3.80. The van der Waals surface area contributed by atoms with Crippen LogP contribution in [0.5, 0.6) is 0 Å². The second-order valence-corrected chi connectivity index (χ2v) is 18.6. The van der Waals surface area contributed by atoms with Crippen LogP contribution in [0.1, 0.15) is 25.7 Å². The van der Waals surface area contributed by atoms with E-state index in [0.29, 0.717) is 27.7 Å². The van der Waals surface area contributed by atoms with E-state index < -0.39 is 47.9 Å². The Morgan fingerprint density at radius 1 is 0.860 bits per heavy atom. The van der Waals surface area contributed by atoms with Crippen molar-refractivity contribution in [2.24, 2.45) is 11.8 Å². The number of halogens is 3. The largest absolute Gasteiger partial charge is 0.351 e. The summed E-state index contributed by atoms with van der Waals surface area (Å²) in [6.45, 7) is 1.84. The molecule has 3 saturated heterocycles. The maximum Gasteiger partial charge on any atom is 0.267 e. The Kier molecular flexibility index (Phi) is 7.46. The van der Waals surface area contributed by atoms with Gasteiger partial charge in [0, 0.05) is 49.0 Å². The first-order valence-corrected chi connectivity index (χ1v) is 20.7. The van der Waals surface area contributed by atoms with Gasteiger partial charge in [-0.15, -0.1) is 0 Å². The molecule has 5 atom stereocenters. The number of aromatic nitrogens is 3. The van der Waals surface area contributed by atoms with Gasteiger partial charge >= 0.3 is 0 Å². The molecule has 4 aromatic rings. The van der Waals surface area contributed by atoms with Crippen LogP contribution < -0.4 is 14.9 Å². The molecular weight excluding hydrogens is 712 g/mol. The maximum absolute atomic E-state index is 16.5. The van der Waals surface area contributed by atoms with Gasteiger partial charge in [-0.3, -0.25) is 9.62 Å². The topological polar surface area (TPSA) is 137 Å². The Labute approximate surface area is 290 Å². The summed E-state index contributed by atoms with van der Waals surface area (Å²) in [4.78, 5) is 18.3. The van der Waals surface area contributed by atoms with E-state index in [2.05, 4.69) is 20.1 Å². The summed E-state index contributed by atoms with van der Waals surface area (Å²) in [6, 6.07) is 9.53. The number of sulfonamides is 1. The molecule has 2 aromatic heterocycles. The van der Waals surface area contributed by atoms with Crippen molar-refractivity contribution in [2.75, 3.05) is 39.5 Å². The van der Waals surface area contributed by atoms with E-state index in [-0.39, 0.29) is 52.7 Å². The number of nitrogens with zero attached hydrogens (tertiary/aromatic N) is 5. The summed E-state index contributed by atoms with van der Waals surface area (Å²) in [7, 11) is -7.87. The van der Waals surface area contributed by atoms with E-state index in [1.165, 1.54) is 42.4 Å². The van der Waals surface area contributed by atoms with Gasteiger partial charge in [0.1, 0.15) is 11.6 Å². The fourth-order valence-electron chi connectivity index (χ4n) is 7.96.